The number of carbonyl (C=O) groups excluding carboxylic acids is 1. The lowest BCUT2D eigenvalue weighted by molar-refractivity contribution is -0.117. The Balaban J connectivity index is 1.44. The van der Waals surface area contributed by atoms with Crippen molar-refractivity contribution in [3.8, 4) is 0 Å². The van der Waals surface area contributed by atoms with Crippen molar-refractivity contribution >= 4 is 21.6 Å². The van der Waals surface area contributed by atoms with Crippen LogP contribution >= 0.6 is 0 Å². The number of hydrogen-bond acceptors (Lipinski definition) is 4. The van der Waals surface area contributed by atoms with Crippen molar-refractivity contribution in [1.82, 2.24) is 9.62 Å². The summed E-state index contributed by atoms with van der Waals surface area (Å²) in [5, 5.41) is 2.85. The lowest BCUT2D eigenvalue weighted by atomic mass is 10.1. The zero-order valence-corrected chi connectivity index (χ0v) is 16.3. The Hall–Kier alpha value is -2.29. The maximum absolute atomic E-state index is 13.2. The zero-order chi connectivity index (χ0) is 20.0. The first-order chi connectivity index (χ1) is 13.4. The topological polar surface area (TPSA) is 78.5 Å². The van der Waals surface area contributed by atoms with E-state index in [1.165, 1.54) is 18.2 Å². The molecule has 2 aromatic carbocycles. The summed E-state index contributed by atoms with van der Waals surface area (Å²) in [5.41, 5.74) is 1.18. The zero-order valence-electron chi connectivity index (χ0n) is 15.5. The van der Waals surface area contributed by atoms with Crippen molar-refractivity contribution in [2.24, 2.45) is 0 Å². The monoisotopic (exact) mass is 405 g/mol. The molecule has 150 valence electrons. The average molecular weight is 405 g/mol. The Morgan fingerprint density at radius 2 is 1.79 bits per heavy atom. The molecule has 0 spiro atoms. The van der Waals surface area contributed by atoms with Crippen LogP contribution in [0.4, 0.5) is 10.1 Å². The number of carbonyl (C=O) groups is 1. The largest absolute Gasteiger partial charge is 0.325 e. The van der Waals surface area contributed by atoms with Crippen LogP contribution in [0.25, 0.3) is 0 Å². The van der Waals surface area contributed by atoms with E-state index in [0.717, 1.165) is 5.69 Å². The van der Waals surface area contributed by atoms with E-state index >= 15 is 0 Å². The Kier molecular flexibility index (Phi) is 6.77. The number of nitrogens with one attached hydrogen (secondary N) is 2. The van der Waals surface area contributed by atoms with E-state index in [4.69, 9.17) is 0 Å². The molecule has 0 atom stereocenters. The van der Waals surface area contributed by atoms with Gasteiger partial charge in [-0.3, -0.25) is 9.69 Å². The summed E-state index contributed by atoms with van der Waals surface area (Å²) in [6.45, 7) is 1.54. The third-order valence-electron chi connectivity index (χ3n) is 4.60. The molecule has 6 nitrogen and oxygen atoms in total. The van der Waals surface area contributed by atoms with Crippen LogP contribution < -0.4 is 10.0 Å². The predicted octanol–water partition coefficient (Wildman–Crippen LogP) is 2.35. The third-order valence-corrected chi connectivity index (χ3v) is 6.01. The third kappa shape index (κ3) is 6.40. The first-order valence-corrected chi connectivity index (χ1v) is 10.9. The highest BCUT2D eigenvalue weighted by molar-refractivity contribution is 7.88. The molecule has 3 rings (SSSR count). The molecule has 0 aliphatic carbocycles. The highest BCUT2D eigenvalue weighted by Crippen LogP contribution is 2.14. The Labute approximate surface area is 164 Å². The summed E-state index contributed by atoms with van der Waals surface area (Å²) in [7, 11) is -3.55. The summed E-state index contributed by atoms with van der Waals surface area (Å²) >= 11 is 0. The van der Waals surface area contributed by atoms with Crippen LogP contribution in [-0.4, -0.2) is 44.9 Å². The number of para-hydroxylation sites is 1. The molecule has 0 radical (unpaired) electrons. The van der Waals surface area contributed by atoms with Gasteiger partial charge in [-0.2, -0.15) is 0 Å². The second-order valence-corrected chi connectivity index (χ2v) is 8.73. The molecular weight excluding hydrogens is 381 g/mol. The standard InChI is InChI=1S/C20H24FN3O3S/c21-17-6-4-5-16(13-17)15-28(26,27)23-19-9-11-24(12-10-19)14-20(25)22-18-7-2-1-3-8-18/h1-8,13,19,23H,9-12,14-15H2,(H,22,25). The minimum absolute atomic E-state index is 0.0867. The van der Waals surface area contributed by atoms with Gasteiger partial charge in [0, 0.05) is 24.8 Å². The van der Waals surface area contributed by atoms with Crippen LogP contribution in [-0.2, 0) is 20.6 Å². The first kappa shape index (κ1) is 20.4. The van der Waals surface area contributed by atoms with Gasteiger partial charge < -0.3 is 5.32 Å². The van der Waals surface area contributed by atoms with Gasteiger partial charge in [-0.25, -0.2) is 17.5 Å². The number of benzene rings is 2. The average Bonchev–Trinajstić information content (AvgIpc) is 2.63. The Morgan fingerprint density at radius 1 is 1.07 bits per heavy atom. The highest BCUT2D eigenvalue weighted by atomic mass is 32.2. The molecule has 0 bridgehead atoms. The van der Waals surface area contributed by atoms with Gasteiger partial charge in [0.15, 0.2) is 0 Å². The van der Waals surface area contributed by atoms with E-state index in [9.17, 15) is 17.6 Å². The summed E-state index contributed by atoms with van der Waals surface area (Å²) in [6, 6.07) is 14.7. The lowest BCUT2D eigenvalue weighted by Crippen LogP contribution is -2.46. The molecule has 1 amide bonds. The first-order valence-electron chi connectivity index (χ1n) is 9.21. The second-order valence-electron chi connectivity index (χ2n) is 6.97. The van der Waals surface area contributed by atoms with E-state index in [1.807, 2.05) is 35.2 Å². The van der Waals surface area contributed by atoms with Crippen LogP contribution in [0.15, 0.2) is 54.6 Å². The maximum atomic E-state index is 13.2. The number of likely N-dealkylation sites (tertiary alicyclic amines) is 1. The molecule has 8 heteroatoms. The van der Waals surface area contributed by atoms with Gasteiger partial charge in [0.1, 0.15) is 5.82 Å². The molecular formula is C20H24FN3O3S. The number of halogens is 1. The van der Waals surface area contributed by atoms with Gasteiger partial charge in [-0.15, -0.1) is 0 Å². The number of hydrogen-bond donors (Lipinski definition) is 2. The minimum atomic E-state index is -3.55. The SMILES string of the molecule is O=C(CN1CCC(NS(=O)(=O)Cc2cccc(F)c2)CC1)Nc1ccccc1. The van der Waals surface area contributed by atoms with E-state index in [0.29, 0.717) is 31.5 Å². The molecule has 2 N–H and O–H groups in total. The molecule has 1 saturated heterocycles. The predicted molar refractivity (Wildman–Crippen MR) is 107 cm³/mol. The van der Waals surface area contributed by atoms with Crippen LogP contribution in [0.1, 0.15) is 18.4 Å². The summed E-state index contributed by atoms with van der Waals surface area (Å²) < 4.78 is 40.6. The smallest absolute Gasteiger partial charge is 0.238 e. The van der Waals surface area contributed by atoms with Crippen LogP contribution in [0.3, 0.4) is 0 Å². The van der Waals surface area contributed by atoms with Crippen LogP contribution in [0.2, 0.25) is 0 Å². The van der Waals surface area contributed by atoms with E-state index in [2.05, 4.69) is 10.0 Å². The maximum Gasteiger partial charge on any atom is 0.238 e. The van der Waals surface area contributed by atoms with Crippen molar-refractivity contribution in [2.75, 3.05) is 25.0 Å². The van der Waals surface area contributed by atoms with Crippen molar-refractivity contribution < 1.29 is 17.6 Å². The molecule has 1 aliphatic heterocycles. The van der Waals surface area contributed by atoms with Gasteiger partial charge >= 0.3 is 0 Å². The Bertz CT molecular complexity index is 898. The number of sulfonamides is 1. The van der Waals surface area contributed by atoms with Crippen LogP contribution in [0.5, 0.6) is 0 Å². The van der Waals surface area contributed by atoms with Crippen molar-refractivity contribution in [1.29, 1.82) is 0 Å². The minimum Gasteiger partial charge on any atom is -0.325 e. The fourth-order valence-electron chi connectivity index (χ4n) is 3.28. The van der Waals surface area contributed by atoms with Gasteiger partial charge in [0.2, 0.25) is 15.9 Å². The summed E-state index contributed by atoms with van der Waals surface area (Å²) in [6.07, 6.45) is 1.25. The molecule has 1 heterocycles. The van der Waals surface area contributed by atoms with Gasteiger partial charge in [0.05, 0.1) is 12.3 Å². The fraction of sp³-hybridized carbons (Fsp3) is 0.350. The molecule has 0 saturated carbocycles. The molecule has 0 aromatic heterocycles. The van der Waals surface area contributed by atoms with E-state index < -0.39 is 15.8 Å². The molecule has 0 unspecified atom stereocenters. The van der Waals surface area contributed by atoms with Crippen molar-refractivity contribution in [2.45, 2.75) is 24.6 Å². The number of amides is 1. The number of piperidine rings is 1. The number of rotatable bonds is 7. The highest BCUT2D eigenvalue weighted by Gasteiger charge is 2.24. The van der Waals surface area contributed by atoms with E-state index in [1.54, 1.807) is 6.07 Å². The van der Waals surface area contributed by atoms with Crippen molar-refractivity contribution in [3.63, 3.8) is 0 Å². The quantitative estimate of drug-likeness (QED) is 0.741. The normalized spacial score (nSPS) is 16.0. The number of anilines is 1. The summed E-state index contributed by atoms with van der Waals surface area (Å²) in [5.74, 6) is -0.782. The van der Waals surface area contributed by atoms with Gasteiger partial charge in [0.25, 0.3) is 0 Å². The lowest BCUT2D eigenvalue weighted by Gasteiger charge is -2.31. The molecule has 2 aromatic rings. The number of nitrogens with zero attached hydrogens (tertiary/aromatic N) is 1. The van der Waals surface area contributed by atoms with Crippen LogP contribution in [0, 0.1) is 5.82 Å². The Morgan fingerprint density at radius 3 is 2.46 bits per heavy atom. The molecule has 1 aliphatic rings. The second kappa shape index (κ2) is 9.27. The fourth-order valence-corrected chi connectivity index (χ4v) is 4.72. The van der Waals surface area contributed by atoms with Gasteiger partial charge in [-0.1, -0.05) is 30.3 Å². The summed E-state index contributed by atoms with van der Waals surface area (Å²) in [4.78, 5) is 14.1. The van der Waals surface area contributed by atoms with Gasteiger partial charge in [-0.05, 0) is 42.7 Å². The van der Waals surface area contributed by atoms with Crippen molar-refractivity contribution in [3.05, 3.63) is 66.0 Å². The molecule has 28 heavy (non-hydrogen) atoms. The molecule has 1 fully saturated rings. The van der Waals surface area contributed by atoms with E-state index in [-0.39, 0.29) is 24.2 Å².